The fraction of sp³-hybridized carbons (Fsp3) is 0.364. The number of carboxylic acids is 1. The Morgan fingerprint density at radius 2 is 2.12 bits per heavy atom. The van der Waals surface area contributed by atoms with Gasteiger partial charge in [-0.2, -0.15) is 0 Å². The van der Waals surface area contributed by atoms with Crippen LogP contribution in [0.2, 0.25) is 0 Å². The fourth-order valence-electron chi connectivity index (χ4n) is 1.64. The van der Waals surface area contributed by atoms with Gasteiger partial charge >= 0.3 is 5.97 Å². The van der Waals surface area contributed by atoms with Crippen molar-refractivity contribution in [1.29, 1.82) is 0 Å². The zero-order chi connectivity index (χ0) is 13.2. The average Bonchev–Trinajstić information content (AvgIpc) is 2.25. The van der Waals surface area contributed by atoms with Gasteiger partial charge in [-0.1, -0.05) is 36.2 Å². The quantitative estimate of drug-likeness (QED) is 0.667. The van der Waals surface area contributed by atoms with Crippen molar-refractivity contribution in [1.82, 2.24) is 0 Å². The van der Waals surface area contributed by atoms with Gasteiger partial charge in [0.1, 0.15) is 0 Å². The first kappa shape index (κ1) is 14.6. The standard InChI is InChI=1S/C11H11Cl2FO2S/c1-3-6-7(10(15)16)4-5-8(9(6)17-2)11(12,13)14/h4-5H,3H2,1-2H3,(H,15,16). The van der Waals surface area contributed by atoms with Crippen molar-refractivity contribution in [3.05, 3.63) is 28.8 Å². The van der Waals surface area contributed by atoms with Gasteiger partial charge in [0.05, 0.1) is 5.56 Å². The molecule has 1 aromatic carbocycles. The summed E-state index contributed by atoms with van der Waals surface area (Å²) < 4.78 is 11.1. The summed E-state index contributed by atoms with van der Waals surface area (Å²) in [7, 11) is 0. The van der Waals surface area contributed by atoms with Crippen LogP contribution in [0.5, 0.6) is 0 Å². The largest absolute Gasteiger partial charge is 0.478 e. The number of thioether (sulfide) groups is 1. The van der Waals surface area contributed by atoms with Crippen LogP contribution < -0.4 is 0 Å². The molecule has 0 aliphatic heterocycles. The van der Waals surface area contributed by atoms with Gasteiger partial charge in [-0.25, -0.2) is 9.18 Å². The number of rotatable bonds is 4. The molecular formula is C11H11Cl2FO2S. The van der Waals surface area contributed by atoms with Gasteiger partial charge in [-0.05, 0) is 24.3 Å². The summed E-state index contributed by atoms with van der Waals surface area (Å²) in [6.07, 6.45) is 2.19. The molecule has 0 aromatic heterocycles. The van der Waals surface area contributed by atoms with Crippen LogP contribution in [0.15, 0.2) is 17.0 Å². The third kappa shape index (κ3) is 3.06. The molecule has 94 valence electrons. The minimum atomic E-state index is -2.51. The normalized spacial score (nSPS) is 11.6. The number of hydrogen-bond acceptors (Lipinski definition) is 2. The smallest absolute Gasteiger partial charge is 0.336 e. The van der Waals surface area contributed by atoms with Crippen molar-refractivity contribution in [3.63, 3.8) is 0 Å². The van der Waals surface area contributed by atoms with Crippen molar-refractivity contribution in [2.75, 3.05) is 6.26 Å². The Morgan fingerprint density at radius 1 is 1.53 bits per heavy atom. The number of hydrogen-bond donors (Lipinski definition) is 1. The molecule has 0 bridgehead atoms. The van der Waals surface area contributed by atoms with Gasteiger partial charge in [0.25, 0.3) is 4.59 Å². The van der Waals surface area contributed by atoms with Crippen molar-refractivity contribution in [2.24, 2.45) is 0 Å². The minimum Gasteiger partial charge on any atom is -0.478 e. The molecule has 0 saturated heterocycles. The molecule has 0 heterocycles. The van der Waals surface area contributed by atoms with E-state index in [1.54, 1.807) is 13.2 Å². The maximum absolute atomic E-state index is 13.6. The highest BCUT2D eigenvalue weighted by Crippen LogP contribution is 2.42. The summed E-state index contributed by atoms with van der Waals surface area (Å²) in [5.41, 5.74) is 0.791. The molecular weight excluding hydrogens is 286 g/mol. The topological polar surface area (TPSA) is 37.3 Å². The number of alkyl halides is 3. The lowest BCUT2D eigenvalue weighted by atomic mass is 10.0. The molecule has 1 rings (SSSR count). The van der Waals surface area contributed by atoms with E-state index in [9.17, 15) is 9.18 Å². The first-order valence-corrected chi connectivity index (χ1v) is 6.81. The maximum atomic E-state index is 13.6. The van der Waals surface area contributed by atoms with Gasteiger partial charge in [-0.3, -0.25) is 0 Å². The van der Waals surface area contributed by atoms with E-state index in [0.29, 0.717) is 16.9 Å². The van der Waals surface area contributed by atoms with Crippen LogP contribution in [0.3, 0.4) is 0 Å². The molecule has 0 aliphatic carbocycles. The molecule has 6 heteroatoms. The van der Waals surface area contributed by atoms with Crippen LogP contribution in [-0.2, 0) is 11.0 Å². The molecule has 0 aliphatic rings. The van der Waals surface area contributed by atoms with E-state index in [4.69, 9.17) is 28.3 Å². The summed E-state index contributed by atoms with van der Waals surface area (Å²) in [5, 5.41) is 9.04. The predicted molar refractivity (Wildman–Crippen MR) is 69.1 cm³/mol. The van der Waals surface area contributed by atoms with E-state index < -0.39 is 10.6 Å². The van der Waals surface area contributed by atoms with E-state index in [0.717, 1.165) is 0 Å². The molecule has 0 fully saturated rings. The van der Waals surface area contributed by atoms with E-state index >= 15 is 0 Å². The second-order valence-electron chi connectivity index (χ2n) is 3.33. The average molecular weight is 297 g/mol. The number of halogens is 3. The summed E-state index contributed by atoms with van der Waals surface area (Å²) in [6.45, 7) is 1.80. The lowest BCUT2D eigenvalue weighted by molar-refractivity contribution is 0.0695. The van der Waals surface area contributed by atoms with E-state index in [2.05, 4.69) is 0 Å². The molecule has 2 nitrogen and oxygen atoms in total. The first-order chi connectivity index (χ1) is 7.82. The molecule has 0 saturated carbocycles. The van der Waals surface area contributed by atoms with Crippen LogP contribution in [-0.4, -0.2) is 17.3 Å². The van der Waals surface area contributed by atoms with Gasteiger partial charge < -0.3 is 5.11 Å². The minimum absolute atomic E-state index is 0.0928. The molecule has 17 heavy (non-hydrogen) atoms. The number of aromatic carboxylic acids is 1. The third-order valence-electron chi connectivity index (χ3n) is 2.35. The molecule has 0 radical (unpaired) electrons. The monoisotopic (exact) mass is 296 g/mol. The summed E-state index contributed by atoms with van der Waals surface area (Å²) >= 11 is 12.1. The Kier molecular flexibility index (Phi) is 4.69. The molecule has 0 atom stereocenters. The molecule has 1 aromatic rings. The molecule has 0 spiro atoms. The van der Waals surface area contributed by atoms with Crippen LogP contribution in [0.1, 0.15) is 28.4 Å². The zero-order valence-corrected chi connectivity index (χ0v) is 11.6. The molecule has 0 unspecified atom stereocenters. The Bertz CT molecular complexity index is 444. The van der Waals surface area contributed by atoms with Crippen LogP contribution in [0, 0.1) is 0 Å². The number of carbonyl (C=O) groups is 1. The maximum Gasteiger partial charge on any atom is 0.336 e. The van der Waals surface area contributed by atoms with E-state index in [1.807, 2.05) is 0 Å². The number of benzene rings is 1. The number of carboxylic acid groups (broad SMARTS) is 1. The summed E-state index contributed by atoms with van der Waals surface area (Å²) in [6, 6.07) is 2.64. The zero-order valence-electron chi connectivity index (χ0n) is 9.26. The second-order valence-corrected chi connectivity index (χ2v) is 5.38. The van der Waals surface area contributed by atoms with Crippen LogP contribution >= 0.6 is 35.0 Å². The fourth-order valence-corrected chi connectivity index (χ4v) is 2.99. The Hall–Kier alpha value is -0.450. The van der Waals surface area contributed by atoms with Crippen molar-refractivity contribution in [3.8, 4) is 0 Å². The summed E-state index contributed by atoms with van der Waals surface area (Å²) in [4.78, 5) is 11.5. The highest BCUT2D eigenvalue weighted by molar-refractivity contribution is 7.98. The highest BCUT2D eigenvalue weighted by Gasteiger charge is 2.30. The second kappa shape index (κ2) is 5.46. The lowest BCUT2D eigenvalue weighted by Gasteiger charge is -2.18. The predicted octanol–water partition coefficient (Wildman–Crippen LogP) is 4.23. The SMILES string of the molecule is CCc1c(C(=O)O)ccc(C(F)(Cl)Cl)c1SC. The van der Waals surface area contributed by atoms with Crippen LogP contribution in [0.4, 0.5) is 4.39 Å². The Balaban J connectivity index is 3.54. The van der Waals surface area contributed by atoms with E-state index in [1.165, 1.54) is 23.9 Å². The molecule has 0 amide bonds. The van der Waals surface area contributed by atoms with Gasteiger partial charge in [0.15, 0.2) is 0 Å². The van der Waals surface area contributed by atoms with Gasteiger partial charge in [0, 0.05) is 10.5 Å². The van der Waals surface area contributed by atoms with Crippen molar-refractivity contribution < 1.29 is 14.3 Å². The Labute approximate surface area is 113 Å². The highest BCUT2D eigenvalue weighted by atomic mass is 35.5. The lowest BCUT2D eigenvalue weighted by Crippen LogP contribution is -2.10. The first-order valence-electron chi connectivity index (χ1n) is 4.83. The van der Waals surface area contributed by atoms with Crippen molar-refractivity contribution >= 4 is 40.9 Å². The third-order valence-corrected chi connectivity index (χ3v) is 3.64. The summed E-state index contributed by atoms with van der Waals surface area (Å²) in [5.74, 6) is -1.04. The Morgan fingerprint density at radius 3 is 2.47 bits per heavy atom. The van der Waals surface area contributed by atoms with Gasteiger partial charge in [0.2, 0.25) is 0 Å². The van der Waals surface area contributed by atoms with Crippen molar-refractivity contribution in [2.45, 2.75) is 22.8 Å². The molecule has 1 N–H and O–H groups in total. The van der Waals surface area contributed by atoms with Crippen LogP contribution in [0.25, 0.3) is 0 Å². The van der Waals surface area contributed by atoms with E-state index in [-0.39, 0.29) is 11.1 Å². The van der Waals surface area contributed by atoms with Gasteiger partial charge in [-0.15, -0.1) is 11.8 Å².